The molecule has 1 heterocycles. The quantitative estimate of drug-likeness (QED) is 0.587. The molecule has 0 saturated heterocycles. The number of rotatable bonds is 7. The molecule has 0 unspecified atom stereocenters. The highest BCUT2D eigenvalue weighted by molar-refractivity contribution is 6.31. The maximum atomic E-state index is 12.6. The van der Waals surface area contributed by atoms with Crippen LogP contribution in [0.1, 0.15) is 11.1 Å². The van der Waals surface area contributed by atoms with Crippen molar-refractivity contribution in [3.8, 4) is 11.4 Å². The molecule has 0 aliphatic heterocycles. The van der Waals surface area contributed by atoms with E-state index in [9.17, 15) is 14.4 Å². The van der Waals surface area contributed by atoms with E-state index in [0.29, 0.717) is 29.4 Å². The van der Waals surface area contributed by atoms with Gasteiger partial charge in [-0.2, -0.15) is 0 Å². The molecule has 1 N–H and O–H groups in total. The number of nitrogens with one attached hydrogen (secondary N) is 1. The first kappa shape index (κ1) is 21.4. The predicted octanol–water partition coefficient (Wildman–Crippen LogP) is 2.33. The number of ether oxygens (including phenoxy) is 1. The molecule has 1 aromatic heterocycles. The number of benzene rings is 2. The van der Waals surface area contributed by atoms with Crippen molar-refractivity contribution in [2.24, 2.45) is 0 Å². The number of carbonyl (C=O) groups is 1. The Kier molecular flexibility index (Phi) is 6.74. The third kappa shape index (κ3) is 4.80. The summed E-state index contributed by atoms with van der Waals surface area (Å²) in [5, 5.41) is 3.25. The molecule has 7 nitrogen and oxygen atoms in total. The number of carbonyl (C=O) groups excluding carboxylic acids is 1. The summed E-state index contributed by atoms with van der Waals surface area (Å²) in [6.45, 7) is 1.99. The van der Waals surface area contributed by atoms with Gasteiger partial charge >= 0.3 is 11.1 Å². The second-order valence-corrected chi connectivity index (χ2v) is 7.17. The minimum absolute atomic E-state index is 0.236. The number of amides is 1. The summed E-state index contributed by atoms with van der Waals surface area (Å²) in [4.78, 5) is 37.4. The van der Waals surface area contributed by atoms with Gasteiger partial charge in [-0.25, -0.2) is 0 Å². The van der Waals surface area contributed by atoms with Gasteiger partial charge in [0.25, 0.3) is 0 Å². The molecule has 3 aromatic rings. The summed E-state index contributed by atoms with van der Waals surface area (Å²) in [7, 11) is 1.45. The number of methoxy groups -OCH3 is 1. The van der Waals surface area contributed by atoms with Gasteiger partial charge in [0.2, 0.25) is 5.91 Å². The van der Waals surface area contributed by atoms with Crippen LogP contribution in [0.2, 0.25) is 5.02 Å². The molecule has 0 aliphatic carbocycles. The van der Waals surface area contributed by atoms with E-state index in [1.54, 1.807) is 19.1 Å². The van der Waals surface area contributed by atoms with Crippen molar-refractivity contribution in [1.29, 1.82) is 0 Å². The third-order valence-corrected chi connectivity index (χ3v) is 5.08. The molecule has 2 aromatic carbocycles. The van der Waals surface area contributed by atoms with Gasteiger partial charge in [-0.3, -0.25) is 23.5 Å². The summed E-state index contributed by atoms with van der Waals surface area (Å²) >= 11 is 6.11. The van der Waals surface area contributed by atoms with Crippen molar-refractivity contribution >= 4 is 17.5 Å². The second-order valence-electron chi connectivity index (χ2n) is 6.77. The summed E-state index contributed by atoms with van der Waals surface area (Å²) in [6, 6.07) is 13.0. The van der Waals surface area contributed by atoms with E-state index < -0.39 is 11.1 Å². The van der Waals surface area contributed by atoms with Crippen LogP contribution < -0.4 is 21.2 Å². The highest BCUT2D eigenvalue weighted by Crippen LogP contribution is 2.28. The van der Waals surface area contributed by atoms with E-state index >= 15 is 0 Å². The third-order valence-electron chi connectivity index (χ3n) is 4.67. The first-order chi connectivity index (χ1) is 14.4. The Morgan fingerprint density at radius 3 is 2.53 bits per heavy atom. The Morgan fingerprint density at radius 1 is 1.10 bits per heavy atom. The maximum Gasteiger partial charge on any atom is 0.321 e. The molecule has 1 amide bonds. The number of aromatic nitrogens is 2. The van der Waals surface area contributed by atoms with Crippen molar-refractivity contribution < 1.29 is 9.53 Å². The Bertz CT molecular complexity index is 1170. The molecule has 156 valence electrons. The molecule has 0 radical (unpaired) electrons. The van der Waals surface area contributed by atoms with Crippen molar-refractivity contribution in [1.82, 2.24) is 14.5 Å². The van der Waals surface area contributed by atoms with Gasteiger partial charge in [-0.05, 0) is 30.5 Å². The van der Waals surface area contributed by atoms with E-state index in [1.165, 1.54) is 24.1 Å². The van der Waals surface area contributed by atoms with Crippen LogP contribution in [0.15, 0.2) is 64.4 Å². The minimum Gasteiger partial charge on any atom is -0.495 e. The van der Waals surface area contributed by atoms with Gasteiger partial charge in [-0.1, -0.05) is 41.9 Å². The van der Waals surface area contributed by atoms with Crippen LogP contribution in [-0.4, -0.2) is 28.7 Å². The molecule has 8 heteroatoms. The lowest BCUT2D eigenvalue weighted by molar-refractivity contribution is -0.121. The fourth-order valence-corrected chi connectivity index (χ4v) is 3.18. The van der Waals surface area contributed by atoms with Crippen LogP contribution in [0.25, 0.3) is 5.69 Å². The molecule has 0 fully saturated rings. The number of nitrogens with zero attached hydrogens (tertiary/aromatic N) is 2. The molecule has 0 spiro atoms. The number of hydrogen-bond acceptors (Lipinski definition) is 4. The highest BCUT2D eigenvalue weighted by Gasteiger charge is 2.14. The van der Waals surface area contributed by atoms with Crippen molar-refractivity contribution in [2.75, 3.05) is 13.7 Å². The van der Waals surface area contributed by atoms with Crippen LogP contribution in [0, 0.1) is 6.92 Å². The summed E-state index contributed by atoms with van der Waals surface area (Å²) in [5.74, 6) is 0.0219. The van der Waals surface area contributed by atoms with Gasteiger partial charge in [0, 0.05) is 30.0 Å². The van der Waals surface area contributed by atoms with Crippen molar-refractivity contribution in [3.63, 3.8) is 0 Å². The van der Waals surface area contributed by atoms with Gasteiger partial charge in [0.15, 0.2) is 0 Å². The number of halogens is 1. The van der Waals surface area contributed by atoms with Crippen LogP contribution >= 0.6 is 11.6 Å². The monoisotopic (exact) mass is 427 g/mol. The maximum absolute atomic E-state index is 12.6. The van der Waals surface area contributed by atoms with E-state index in [1.807, 2.05) is 30.3 Å². The largest absolute Gasteiger partial charge is 0.495 e. The molecule has 0 atom stereocenters. The smallest absolute Gasteiger partial charge is 0.321 e. The molecule has 30 heavy (non-hydrogen) atoms. The molecular weight excluding hydrogens is 406 g/mol. The zero-order valence-corrected chi connectivity index (χ0v) is 17.5. The van der Waals surface area contributed by atoms with Crippen LogP contribution in [0.4, 0.5) is 0 Å². The Labute approximate surface area is 178 Å². The minimum atomic E-state index is -0.801. The Balaban J connectivity index is 1.75. The van der Waals surface area contributed by atoms with Crippen LogP contribution in [-0.2, 0) is 17.8 Å². The lowest BCUT2D eigenvalue weighted by Crippen LogP contribution is -2.42. The number of hydrogen-bond donors (Lipinski definition) is 1. The summed E-state index contributed by atoms with van der Waals surface area (Å²) in [6.07, 6.45) is 3.52. The van der Waals surface area contributed by atoms with E-state index in [4.69, 9.17) is 16.3 Å². The normalized spacial score (nSPS) is 10.6. The highest BCUT2D eigenvalue weighted by atomic mass is 35.5. The van der Waals surface area contributed by atoms with Crippen molar-refractivity contribution in [3.05, 3.63) is 91.7 Å². The second kappa shape index (κ2) is 9.45. The topological polar surface area (TPSA) is 82.3 Å². The van der Waals surface area contributed by atoms with E-state index in [0.717, 1.165) is 15.7 Å². The molecular formula is C22H22ClN3O4. The van der Waals surface area contributed by atoms with Crippen LogP contribution in [0.5, 0.6) is 5.75 Å². The van der Waals surface area contributed by atoms with Gasteiger partial charge in [0.05, 0.1) is 12.8 Å². The zero-order valence-electron chi connectivity index (χ0n) is 16.7. The van der Waals surface area contributed by atoms with E-state index in [-0.39, 0.29) is 12.5 Å². The van der Waals surface area contributed by atoms with Gasteiger partial charge in [-0.15, -0.1) is 0 Å². The first-order valence-corrected chi connectivity index (χ1v) is 9.75. The van der Waals surface area contributed by atoms with Crippen molar-refractivity contribution in [2.45, 2.75) is 19.9 Å². The molecule has 0 saturated carbocycles. The predicted molar refractivity (Wildman–Crippen MR) is 116 cm³/mol. The lowest BCUT2D eigenvalue weighted by Gasteiger charge is -2.14. The van der Waals surface area contributed by atoms with Crippen LogP contribution in [0.3, 0.4) is 0 Å². The fourth-order valence-electron chi connectivity index (χ4n) is 3.02. The van der Waals surface area contributed by atoms with E-state index in [2.05, 4.69) is 5.32 Å². The summed E-state index contributed by atoms with van der Waals surface area (Å²) < 4.78 is 7.57. The molecule has 3 rings (SSSR count). The molecule has 0 aliphatic rings. The molecule has 0 bridgehead atoms. The van der Waals surface area contributed by atoms with Gasteiger partial charge in [0.1, 0.15) is 12.3 Å². The van der Waals surface area contributed by atoms with Gasteiger partial charge < -0.3 is 10.1 Å². The number of aryl methyl sites for hydroxylation is 1. The Hall–Kier alpha value is -3.32. The average Bonchev–Trinajstić information content (AvgIpc) is 2.74. The lowest BCUT2D eigenvalue weighted by atomic mass is 10.1. The fraction of sp³-hybridized carbons (Fsp3) is 0.227. The Morgan fingerprint density at radius 2 is 1.83 bits per heavy atom. The standard InChI is InChI=1S/C22H22ClN3O4/c1-15-12-18(19(30-2)13-17(15)23)26-11-10-25(21(28)22(26)29)14-20(27)24-9-8-16-6-4-3-5-7-16/h3-7,10-13H,8-9,14H2,1-2H3,(H,24,27). The summed E-state index contributed by atoms with van der Waals surface area (Å²) in [5.41, 5.74) is 0.659. The average molecular weight is 428 g/mol. The zero-order chi connectivity index (χ0) is 21.7. The first-order valence-electron chi connectivity index (χ1n) is 9.38. The SMILES string of the molecule is COc1cc(Cl)c(C)cc1-n1ccn(CC(=O)NCCc2ccccc2)c(=O)c1=O.